The van der Waals surface area contributed by atoms with Crippen molar-refractivity contribution >= 4 is 21.4 Å². The first-order valence-corrected chi connectivity index (χ1v) is 9.40. The van der Waals surface area contributed by atoms with Crippen molar-refractivity contribution in [3.8, 4) is 0 Å². The van der Waals surface area contributed by atoms with E-state index >= 15 is 0 Å². The molecular weight excluding hydrogens is 292 g/mol. The van der Waals surface area contributed by atoms with Crippen LogP contribution in [0.4, 0.5) is 0 Å². The van der Waals surface area contributed by atoms with Gasteiger partial charge in [-0.1, -0.05) is 20.8 Å². The molecule has 6 heteroatoms. The molecule has 20 heavy (non-hydrogen) atoms. The van der Waals surface area contributed by atoms with Crippen LogP contribution >= 0.6 is 11.3 Å². The lowest BCUT2D eigenvalue weighted by Crippen LogP contribution is -2.35. The van der Waals surface area contributed by atoms with Gasteiger partial charge in [0, 0.05) is 17.5 Å². The van der Waals surface area contributed by atoms with Crippen molar-refractivity contribution in [2.45, 2.75) is 57.8 Å². The molecule has 0 spiro atoms. The Balaban J connectivity index is 2.83. The van der Waals surface area contributed by atoms with Crippen LogP contribution in [0, 0.1) is 12.8 Å². The average Bonchev–Trinajstić information content (AvgIpc) is 2.71. The molecule has 0 aromatic carbocycles. The van der Waals surface area contributed by atoms with Crippen LogP contribution in [0.1, 0.15) is 44.6 Å². The van der Waals surface area contributed by atoms with Gasteiger partial charge in [0.05, 0.1) is 0 Å². The largest absolute Gasteiger partial charge is 0.312 e. The highest BCUT2D eigenvalue weighted by Gasteiger charge is 2.22. The third kappa shape index (κ3) is 4.84. The molecule has 1 aromatic heterocycles. The molecule has 1 unspecified atom stereocenters. The summed E-state index contributed by atoms with van der Waals surface area (Å²) in [7, 11) is -3.40. The maximum absolute atomic E-state index is 12.3. The fraction of sp³-hybridized carbons (Fsp3) is 0.714. The highest BCUT2D eigenvalue weighted by atomic mass is 32.2. The van der Waals surface area contributed by atoms with Gasteiger partial charge >= 0.3 is 0 Å². The van der Waals surface area contributed by atoms with Gasteiger partial charge in [-0.2, -0.15) is 0 Å². The van der Waals surface area contributed by atoms with E-state index in [1.54, 1.807) is 6.07 Å². The zero-order valence-electron chi connectivity index (χ0n) is 13.0. The van der Waals surface area contributed by atoms with Gasteiger partial charge in [-0.05, 0) is 44.4 Å². The fourth-order valence-corrected chi connectivity index (χ4v) is 4.58. The Morgan fingerprint density at radius 2 is 1.95 bits per heavy atom. The Kier molecular flexibility index (Phi) is 6.64. The number of sulfonamides is 1. The van der Waals surface area contributed by atoms with Crippen molar-refractivity contribution < 1.29 is 8.42 Å². The average molecular weight is 319 g/mol. The van der Waals surface area contributed by atoms with Gasteiger partial charge in [-0.25, -0.2) is 13.1 Å². The Morgan fingerprint density at radius 3 is 2.50 bits per heavy atom. The molecular formula is C14H26N2O2S2. The minimum absolute atomic E-state index is 0.0657. The summed E-state index contributed by atoms with van der Waals surface area (Å²) >= 11 is 1.36. The minimum Gasteiger partial charge on any atom is -0.312 e. The molecule has 0 aliphatic rings. The number of aryl methyl sites for hydroxylation is 1. The Labute approximate surface area is 127 Å². The summed E-state index contributed by atoms with van der Waals surface area (Å²) in [6.07, 6.45) is 1.07. The van der Waals surface area contributed by atoms with E-state index in [4.69, 9.17) is 0 Å². The molecule has 1 heterocycles. The number of nitrogens with one attached hydrogen (secondary N) is 2. The molecule has 0 saturated heterocycles. The van der Waals surface area contributed by atoms with Crippen molar-refractivity contribution in [2.24, 2.45) is 5.92 Å². The van der Waals surface area contributed by atoms with Gasteiger partial charge in [0.25, 0.3) is 0 Å². The van der Waals surface area contributed by atoms with Gasteiger partial charge in [0.2, 0.25) is 10.0 Å². The molecule has 0 bridgehead atoms. The van der Waals surface area contributed by atoms with E-state index in [1.807, 2.05) is 27.7 Å². The molecule has 1 rings (SSSR count). The van der Waals surface area contributed by atoms with E-state index < -0.39 is 10.0 Å². The molecule has 1 aromatic rings. The normalized spacial score (nSPS) is 13.9. The van der Waals surface area contributed by atoms with Crippen molar-refractivity contribution in [1.82, 2.24) is 10.0 Å². The third-order valence-electron chi connectivity index (χ3n) is 3.32. The van der Waals surface area contributed by atoms with E-state index in [0.29, 0.717) is 4.21 Å². The molecule has 0 aliphatic carbocycles. The molecule has 0 amide bonds. The molecule has 116 valence electrons. The second-order valence-corrected chi connectivity index (χ2v) is 8.58. The SMILES string of the molecule is CCCNCc1sc(S(=O)(=O)NC(C)C(C)C)cc1C. The molecule has 0 saturated carbocycles. The molecule has 4 nitrogen and oxygen atoms in total. The first-order chi connectivity index (χ1) is 9.27. The lowest BCUT2D eigenvalue weighted by Gasteiger charge is -2.16. The van der Waals surface area contributed by atoms with Gasteiger partial charge in [-0.15, -0.1) is 11.3 Å². The summed E-state index contributed by atoms with van der Waals surface area (Å²) in [5.74, 6) is 0.275. The highest BCUT2D eigenvalue weighted by Crippen LogP contribution is 2.26. The number of hydrogen-bond acceptors (Lipinski definition) is 4. The predicted molar refractivity (Wildman–Crippen MR) is 85.7 cm³/mol. The van der Waals surface area contributed by atoms with Gasteiger partial charge in [0.1, 0.15) is 4.21 Å². The summed E-state index contributed by atoms with van der Waals surface area (Å²) in [5.41, 5.74) is 1.04. The fourth-order valence-electron chi connectivity index (χ4n) is 1.61. The summed E-state index contributed by atoms with van der Waals surface area (Å²) in [4.78, 5) is 1.09. The van der Waals surface area contributed by atoms with E-state index in [0.717, 1.165) is 30.0 Å². The van der Waals surface area contributed by atoms with Crippen LogP contribution in [0.15, 0.2) is 10.3 Å². The predicted octanol–water partition coefficient (Wildman–Crippen LogP) is 2.88. The van der Waals surface area contributed by atoms with Gasteiger partial charge < -0.3 is 5.32 Å². The molecule has 2 N–H and O–H groups in total. The Bertz CT molecular complexity index is 521. The quantitative estimate of drug-likeness (QED) is 0.725. The lowest BCUT2D eigenvalue weighted by molar-refractivity contribution is 0.477. The topological polar surface area (TPSA) is 58.2 Å². The third-order valence-corrected chi connectivity index (χ3v) is 6.59. The van der Waals surface area contributed by atoms with E-state index in [1.165, 1.54) is 11.3 Å². The van der Waals surface area contributed by atoms with Gasteiger partial charge in [0.15, 0.2) is 0 Å². The zero-order valence-corrected chi connectivity index (χ0v) is 14.6. The van der Waals surface area contributed by atoms with Crippen LogP contribution in [0.5, 0.6) is 0 Å². The maximum Gasteiger partial charge on any atom is 0.250 e. The zero-order chi connectivity index (χ0) is 15.3. The van der Waals surface area contributed by atoms with Crippen LogP contribution in [0.2, 0.25) is 0 Å². The van der Waals surface area contributed by atoms with Crippen molar-refractivity contribution in [3.63, 3.8) is 0 Å². The monoisotopic (exact) mass is 318 g/mol. The maximum atomic E-state index is 12.3. The first-order valence-electron chi connectivity index (χ1n) is 7.10. The summed E-state index contributed by atoms with van der Waals surface area (Å²) < 4.78 is 27.8. The van der Waals surface area contributed by atoms with Crippen LogP contribution < -0.4 is 10.0 Å². The highest BCUT2D eigenvalue weighted by molar-refractivity contribution is 7.91. The molecule has 0 aliphatic heterocycles. The van der Waals surface area contributed by atoms with E-state index in [2.05, 4.69) is 17.0 Å². The molecule has 0 radical (unpaired) electrons. The second kappa shape index (κ2) is 7.54. The summed E-state index contributed by atoms with van der Waals surface area (Å²) in [6.45, 7) is 11.7. The number of thiophene rings is 1. The van der Waals surface area contributed by atoms with E-state index in [9.17, 15) is 8.42 Å². The van der Waals surface area contributed by atoms with Crippen molar-refractivity contribution in [1.29, 1.82) is 0 Å². The van der Waals surface area contributed by atoms with Crippen LogP contribution in [0.25, 0.3) is 0 Å². The minimum atomic E-state index is -3.40. The lowest BCUT2D eigenvalue weighted by atomic mass is 10.1. The Hall–Kier alpha value is -0.430. The summed E-state index contributed by atoms with van der Waals surface area (Å²) in [5, 5.41) is 3.31. The second-order valence-electron chi connectivity index (χ2n) is 5.50. The van der Waals surface area contributed by atoms with Crippen molar-refractivity contribution in [3.05, 3.63) is 16.5 Å². The van der Waals surface area contributed by atoms with Crippen molar-refractivity contribution in [2.75, 3.05) is 6.54 Å². The number of rotatable bonds is 8. The molecule has 1 atom stereocenters. The van der Waals surface area contributed by atoms with Crippen LogP contribution in [-0.2, 0) is 16.6 Å². The first kappa shape index (κ1) is 17.6. The van der Waals surface area contributed by atoms with Crippen LogP contribution in [-0.4, -0.2) is 21.0 Å². The van der Waals surface area contributed by atoms with Crippen LogP contribution in [0.3, 0.4) is 0 Å². The van der Waals surface area contributed by atoms with Gasteiger partial charge in [-0.3, -0.25) is 0 Å². The summed E-state index contributed by atoms with van der Waals surface area (Å²) in [6, 6.07) is 1.70. The smallest absolute Gasteiger partial charge is 0.250 e. The standard InChI is InChI=1S/C14H26N2O2S2/c1-6-7-15-9-13-11(4)8-14(19-13)20(17,18)16-12(5)10(2)3/h8,10,12,15-16H,6-7,9H2,1-5H3. The number of hydrogen-bond donors (Lipinski definition) is 2. The Morgan fingerprint density at radius 1 is 1.30 bits per heavy atom. The molecule has 0 fully saturated rings. The van der Waals surface area contributed by atoms with E-state index in [-0.39, 0.29) is 12.0 Å².